The molecule has 0 amide bonds. The zero-order valence-electron chi connectivity index (χ0n) is 7.29. The van der Waals surface area contributed by atoms with E-state index >= 15 is 0 Å². The molecule has 0 aromatic heterocycles. The van der Waals surface area contributed by atoms with Gasteiger partial charge in [-0.15, -0.1) is 0 Å². The SMILES string of the molecule is CCCCOC[C@H]1OCC(I)O1. The van der Waals surface area contributed by atoms with Crippen LogP contribution in [-0.2, 0) is 14.2 Å². The van der Waals surface area contributed by atoms with Crippen molar-refractivity contribution in [3.8, 4) is 0 Å². The van der Waals surface area contributed by atoms with Crippen molar-refractivity contribution in [3.63, 3.8) is 0 Å². The number of alkyl halides is 1. The minimum Gasteiger partial charge on any atom is -0.376 e. The molecule has 1 unspecified atom stereocenters. The average molecular weight is 286 g/mol. The van der Waals surface area contributed by atoms with E-state index in [0.717, 1.165) is 13.0 Å². The molecule has 0 aromatic rings. The highest BCUT2D eigenvalue weighted by Crippen LogP contribution is 2.16. The molecular formula is C8H15IO3. The van der Waals surface area contributed by atoms with E-state index in [9.17, 15) is 0 Å². The number of rotatable bonds is 5. The molecule has 1 aliphatic rings. The maximum Gasteiger partial charge on any atom is 0.182 e. The minimum atomic E-state index is -0.135. The molecule has 4 heteroatoms. The lowest BCUT2D eigenvalue weighted by Crippen LogP contribution is -2.17. The monoisotopic (exact) mass is 286 g/mol. The van der Waals surface area contributed by atoms with Gasteiger partial charge in [0, 0.05) is 6.61 Å². The fourth-order valence-corrected chi connectivity index (χ4v) is 1.47. The maximum absolute atomic E-state index is 5.38. The Morgan fingerprint density at radius 2 is 2.42 bits per heavy atom. The van der Waals surface area contributed by atoms with Gasteiger partial charge in [-0.05, 0) is 29.0 Å². The van der Waals surface area contributed by atoms with Crippen LogP contribution in [-0.4, -0.2) is 30.2 Å². The Morgan fingerprint density at radius 3 is 3.00 bits per heavy atom. The number of hydrogen-bond acceptors (Lipinski definition) is 3. The first-order chi connectivity index (χ1) is 5.83. The summed E-state index contributed by atoms with van der Waals surface area (Å²) in [6, 6.07) is 0. The van der Waals surface area contributed by atoms with Gasteiger partial charge in [-0.3, -0.25) is 0 Å². The lowest BCUT2D eigenvalue weighted by Gasteiger charge is -2.09. The summed E-state index contributed by atoms with van der Waals surface area (Å²) in [5.74, 6) is 0. The van der Waals surface area contributed by atoms with Crippen LogP contribution < -0.4 is 0 Å². The number of ether oxygens (including phenoxy) is 3. The summed E-state index contributed by atoms with van der Waals surface area (Å²) in [6.45, 7) is 4.21. The summed E-state index contributed by atoms with van der Waals surface area (Å²) in [7, 11) is 0. The number of halogens is 1. The molecule has 0 N–H and O–H groups in total. The Balaban J connectivity index is 1.93. The van der Waals surface area contributed by atoms with Crippen LogP contribution in [0.5, 0.6) is 0 Å². The van der Waals surface area contributed by atoms with Gasteiger partial charge >= 0.3 is 0 Å². The minimum absolute atomic E-state index is 0.135. The summed E-state index contributed by atoms with van der Waals surface area (Å²) >= 11 is 2.21. The standard InChI is InChI=1S/C8H15IO3/c1-2-3-4-10-6-8-11-5-7(9)12-8/h7-8H,2-6H2,1H3/t7?,8-/m0/s1. The Bertz CT molecular complexity index is 121. The van der Waals surface area contributed by atoms with E-state index < -0.39 is 0 Å². The van der Waals surface area contributed by atoms with Gasteiger partial charge in [-0.2, -0.15) is 0 Å². The summed E-state index contributed by atoms with van der Waals surface area (Å²) in [6.07, 6.45) is 2.14. The maximum atomic E-state index is 5.38. The highest BCUT2D eigenvalue weighted by atomic mass is 127. The summed E-state index contributed by atoms with van der Waals surface area (Å²) < 4.78 is 16.2. The molecule has 0 aliphatic carbocycles. The van der Waals surface area contributed by atoms with Crippen LogP contribution in [0.2, 0.25) is 0 Å². The van der Waals surface area contributed by atoms with Gasteiger partial charge < -0.3 is 14.2 Å². The van der Waals surface area contributed by atoms with Crippen LogP contribution >= 0.6 is 22.6 Å². The van der Waals surface area contributed by atoms with Crippen LogP contribution in [0.4, 0.5) is 0 Å². The van der Waals surface area contributed by atoms with Crippen molar-refractivity contribution in [2.75, 3.05) is 19.8 Å². The Labute approximate surface area is 86.9 Å². The molecule has 0 radical (unpaired) electrons. The molecule has 0 saturated carbocycles. The van der Waals surface area contributed by atoms with E-state index in [1.54, 1.807) is 0 Å². The van der Waals surface area contributed by atoms with Crippen LogP contribution in [0.3, 0.4) is 0 Å². The van der Waals surface area contributed by atoms with Crippen molar-refractivity contribution in [2.45, 2.75) is 30.2 Å². The fraction of sp³-hybridized carbons (Fsp3) is 1.00. The van der Waals surface area contributed by atoms with E-state index in [2.05, 4.69) is 29.5 Å². The van der Waals surface area contributed by atoms with Gasteiger partial charge in [-0.1, -0.05) is 13.3 Å². The third-order valence-corrected chi connectivity index (χ3v) is 2.26. The van der Waals surface area contributed by atoms with Gasteiger partial charge in [0.1, 0.15) is 4.11 Å². The molecule has 1 heterocycles. The molecular weight excluding hydrogens is 271 g/mol. The number of hydrogen-bond donors (Lipinski definition) is 0. The Kier molecular flexibility index (Phi) is 5.45. The molecule has 0 aromatic carbocycles. The topological polar surface area (TPSA) is 27.7 Å². The van der Waals surface area contributed by atoms with Crippen LogP contribution in [0.15, 0.2) is 0 Å². The first-order valence-corrected chi connectivity index (χ1v) is 5.56. The first-order valence-electron chi connectivity index (χ1n) is 4.31. The molecule has 3 nitrogen and oxygen atoms in total. The second-order valence-corrected chi connectivity index (χ2v) is 4.13. The van der Waals surface area contributed by atoms with E-state index in [-0.39, 0.29) is 10.4 Å². The molecule has 0 spiro atoms. The molecule has 12 heavy (non-hydrogen) atoms. The van der Waals surface area contributed by atoms with Crippen molar-refractivity contribution in [1.82, 2.24) is 0 Å². The first kappa shape index (κ1) is 10.7. The van der Waals surface area contributed by atoms with E-state index in [1.165, 1.54) is 6.42 Å². The van der Waals surface area contributed by atoms with E-state index in [4.69, 9.17) is 14.2 Å². The zero-order valence-corrected chi connectivity index (χ0v) is 9.45. The molecule has 1 rings (SSSR count). The predicted octanol–water partition coefficient (Wildman–Crippen LogP) is 1.94. The van der Waals surface area contributed by atoms with Crippen molar-refractivity contribution < 1.29 is 14.2 Å². The normalized spacial score (nSPS) is 29.5. The van der Waals surface area contributed by atoms with Crippen molar-refractivity contribution in [2.24, 2.45) is 0 Å². The molecule has 72 valence electrons. The van der Waals surface area contributed by atoms with E-state index in [1.807, 2.05) is 0 Å². The molecule has 2 atom stereocenters. The van der Waals surface area contributed by atoms with E-state index in [0.29, 0.717) is 13.2 Å². The second-order valence-electron chi connectivity index (χ2n) is 2.74. The summed E-state index contributed by atoms with van der Waals surface area (Å²) in [4.78, 5) is 0. The van der Waals surface area contributed by atoms with Gasteiger partial charge in [0.15, 0.2) is 6.29 Å². The predicted molar refractivity (Wildman–Crippen MR) is 54.4 cm³/mol. The summed E-state index contributed by atoms with van der Waals surface area (Å²) in [5.41, 5.74) is 0. The third kappa shape index (κ3) is 4.02. The van der Waals surface area contributed by atoms with Gasteiger partial charge in [0.2, 0.25) is 0 Å². The van der Waals surface area contributed by atoms with Gasteiger partial charge in [0.05, 0.1) is 13.2 Å². The van der Waals surface area contributed by atoms with Gasteiger partial charge in [-0.25, -0.2) is 0 Å². The molecule has 1 fully saturated rings. The highest BCUT2D eigenvalue weighted by molar-refractivity contribution is 14.1. The largest absolute Gasteiger partial charge is 0.376 e. The highest BCUT2D eigenvalue weighted by Gasteiger charge is 2.23. The average Bonchev–Trinajstić information content (AvgIpc) is 2.45. The quantitative estimate of drug-likeness (QED) is 0.439. The third-order valence-electron chi connectivity index (χ3n) is 1.61. The second kappa shape index (κ2) is 6.12. The Morgan fingerprint density at radius 1 is 1.58 bits per heavy atom. The van der Waals surface area contributed by atoms with Crippen LogP contribution in [0.1, 0.15) is 19.8 Å². The molecule has 1 saturated heterocycles. The lowest BCUT2D eigenvalue weighted by atomic mass is 10.4. The smallest absolute Gasteiger partial charge is 0.182 e. The lowest BCUT2D eigenvalue weighted by molar-refractivity contribution is -0.0958. The van der Waals surface area contributed by atoms with Crippen molar-refractivity contribution in [1.29, 1.82) is 0 Å². The molecule has 1 aliphatic heterocycles. The Hall–Kier alpha value is 0.610. The number of unbranched alkanes of at least 4 members (excludes halogenated alkanes) is 1. The van der Waals surface area contributed by atoms with Crippen molar-refractivity contribution in [3.05, 3.63) is 0 Å². The summed E-state index contributed by atoms with van der Waals surface area (Å²) in [5, 5.41) is 0. The van der Waals surface area contributed by atoms with Crippen molar-refractivity contribution >= 4 is 22.6 Å². The van der Waals surface area contributed by atoms with Crippen LogP contribution in [0.25, 0.3) is 0 Å². The molecule has 0 bridgehead atoms. The van der Waals surface area contributed by atoms with Crippen LogP contribution in [0, 0.1) is 0 Å². The van der Waals surface area contributed by atoms with Gasteiger partial charge in [0.25, 0.3) is 0 Å². The zero-order chi connectivity index (χ0) is 8.81. The fourth-order valence-electron chi connectivity index (χ4n) is 0.940.